The van der Waals surface area contributed by atoms with Gasteiger partial charge in [0, 0.05) is 13.0 Å². The maximum Gasteiger partial charge on any atom is 0.326 e. The summed E-state index contributed by atoms with van der Waals surface area (Å²) in [5.74, 6) is -4.85. The van der Waals surface area contributed by atoms with Gasteiger partial charge < -0.3 is 43.4 Å². The van der Waals surface area contributed by atoms with Gasteiger partial charge in [0.1, 0.15) is 12.1 Å². The van der Waals surface area contributed by atoms with Crippen LogP contribution in [0, 0.1) is 0 Å². The number of carboxylic acids is 2. The van der Waals surface area contributed by atoms with Crippen LogP contribution >= 0.6 is 0 Å². The third-order valence-corrected chi connectivity index (χ3v) is 3.70. The van der Waals surface area contributed by atoms with E-state index in [0.717, 1.165) is 0 Å². The molecule has 0 spiro atoms. The van der Waals surface area contributed by atoms with E-state index in [1.807, 2.05) is 0 Å². The molecule has 0 aliphatic heterocycles. The van der Waals surface area contributed by atoms with E-state index >= 15 is 0 Å². The average Bonchev–Trinajstić information content (AvgIpc) is 2.64. The number of nitrogens with zero attached hydrogens (tertiary/aromatic N) is 1. The Morgan fingerprint density at radius 1 is 0.967 bits per heavy atom. The molecule has 0 aromatic heterocycles. The van der Waals surface area contributed by atoms with Gasteiger partial charge in [-0.2, -0.15) is 0 Å². The molecule has 0 fully saturated rings. The fourth-order valence-electron chi connectivity index (χ4n) is 2.14. The topological polar surface area (TPSA) is 252 Å². The second-order valence-corrected chi connectivity index (χ2v) is 6.41. The molecule has 0 bridgehead atoms. The highest BCUT2D eigenvalue weighted by molar-refractivity contribution is 5.92. The molecule has 0 aromatic carbocycles. The fourth-order valence-corrected chi connectivity index (χ4v) is 2.14. The van der Waals surface area contributed by atoms with Crippen molar-refractivity contribution in [1.29, 1.82) is 0 Å². The van der Waals surface area contributed by atoms with Crippen molar-refractivity contribution < 1.29 is 34.2 Å². The lowest BCUT2D eigenvalue weighted by Gasteiger charge is -2.20. The molecule has 14 heteroatoms. The van der Waals surface area contributed by atoms with Crippen molar-refractivity contribution in [1.82, 2.24) is 16.0 Å². The zero-order valence-electron chi connectivity index (χ0n) is 16.6. The van der Waals surface area contributed by atoms with E-state index in [1.54, 1.807) is 0 Å². The van der Waals surface area contributed by atoms with Crippen molar-refractivity contribution in [3.8, 4) is 0 Å². The number of hydrogen-bond acceptors (Lipinski definition) is 7. The van der Waals surface area contributed by atoms with Crippen LogP contribution < -0.4 is 33.2 Å². The lowest BCUT2D eigenvalue weighted by Crippen LogP contribution is -2.53. The van der Waals surface area contributed by atoms with Gasteiger partial charge in [-0.25, -0.2) is 4.79 Å². The lowest BCUT2D eigenvalue weighted by atomic mass is 10.1. The number of carboxylic acid groups (broad SMARTS) is 2. The Hall–Kier alpha value is -3.42. The first-order valence-corrected chi connectivity index (χ1v) is 9.07. The van der Waals surface area contributed by atoms with Crippen molar-refractivity contribution in [3.63, 3.8) is 0 Å². The summed E-state index contributed by atoms with van der Waals surface area (Å²) in [7, 11) is 0. The quantitative estimate of drug-likeness (QED) is 0.0762. The maximum atomic E-state index is 12.3. The number of aliphatic imine (C=N–C) groups is 1. The highest BCUT2D eigenvalue weighted by atomic mass is 16.4. The Labute approximate surface area is 172 Å². The summed E-state index contributed by atoms with van der Waals surface area (Å²) in [6, 6.07) is -3.31. The normalized spacial score (nSPS) is 13.3. The lowest BCUT2D eigenvalue weighted by molar-refractivity contribution is -0.143. The predicted molar refractivity (Wildman–Crippen MR) is 105 cm³/mol. The molecule has 0 aromatic rings. The molecule has 3 amide bonds. The van der Waals surface area contributed by atoms with E-state index in [0.29, 0.717) is 6.42 Å². The van der Waals surface area contributed by atoms with Crippen LogP contribution in [0.4, 0.5) is 0 Å². The van der Waals surface area contributed by atoms with Gasteiger partial charge in [-0.1, -0.05) is 0 Å². The van der Waals surface area contributed by atoms with Crippen molar-refractivity contribution in [3.05, 3.63) is 0 Å². The second kappa shape index (κ2) is 13.7. The van der Waals surface area contributed by atoms with E-state index in [9.17, 15) is 24.0 Å². The minimum Gasteiger partial charge on any atom is -0.481 e. The smallest absolute Gasteiger partial charge is 0.326 e. The molecule has 0 rings (SSSR count). The first-order valence-electron chi connectivity index (χ1n) is 9.07. The van der Waals surface area contributed by atoms with Crippen LogP contribution in [-0.4, -0.2) is 77.0 Å². The Bertz CT molecular complexity index is 662. The number of rotatable bonds is 14. The van der Waals surface area contributed by atoms with Crippen LogP contribution in [0.25, 0.3) is 0 Å². The van der Waals surface area contributed by atoms with Crippen LogP contribution in [0.3, 0.4) is 0 Å². The van der Waals surface area contributed by atoms with Crippen molar-refractivity contribution in [2.75, 3.05) is 13.1 Å². The summed E-state index contributed by atoms with van der Waals surface area (Å²) in [4.78, 5) is 61.5. The Morgan fingerprint density at radius 3 is 2.10 bits per heavy atom. The summed E-state index contributed by atoms with van der Waals surface area (Å²) >= 11 is 0. The maximum absolute atomic E-state index is 12.3. The zero-order chi connectivity index (χ0) is 23.3. The molecule has 0 heterocycles. The minimum absolute atomic E-state index is 0.122. The predicted octanol–water partition coefficient (Wildman–Crippen LogP) is -3.58. The number of carbonyl (C=O) groups is 5. The van der Waals surface area contributed by atoms with Gasteiger partial charge in [-0.15, -0.1) is 0 Å². The summed E-state index contributed by atoms with van der Waals surface area (Å²) in [5.41, 5.74) is 15.9. The summed E-state index contributed by atoms with van der Waals surface area (Å²) < 4.78 is 0. The van der Waals surface area contributed by atoms with Crippen molar-refractivity contribution in [2.45, 2.75) is 50.7 Å². The summed E-state index contributed by atoms with van der Waals surface area (Å²) in [5, 5.41) is 24.5. The van der Waals surface area contributed by atoms with E-state index in [4.69, 9.17) is 27.4 Å². The minimum atomic E-state index is -1.42. The Kier molecular flexibility index (Phi) is 12.1. The number of amides is 3. The molecule has 0 aliphatic carbocycles. The molecule has 170 valence electrons. The molecule has 3 unspecified atom stereocenters. The number of aliphatic carboxylic acids is 2. The Morgan fingerprint density at radius 2 is 1.60 bits per heavy atom. The van der Waals surface area contributed by atoms with E-state index in [-0.39, 0.29) is 25.3 Å². The van der Waals surface area contributed by atoms with Crippen LogP contribution in [0.15, 0.2) is 4.99 Å². The van der Waals surface area contributed by atoms with Crippen LogP contribution in [-0.2, 0) is 24.0 Å². The first-order chi connectivity index (χ1) is 13.9. The molecule has 30 heavy (non-hydrogen) atoms. The molecule has 0 aliphatic rings. The molecule has 14 nitrogen and oxygen atoms in total. The molecule has 0 radical (unpaired) electrons. The van der Waals surface area contributed by atoms with Crippen LogP contribution in [0.2, 0.25) is 0 Å². The van der Waals surface area contributed by atoms with Gasteiger partial charge in [0.2, 0.25) is 17.7 Å². The third kappa shape index (κ3) is 12.1. The van der Waals surface area contributed by atoms with E-state index in [2.05, 4.69) is 20.9 Å². The van der Waals surface area contributed by atoms with Gasteiger partial charge >= 0.3 is 11.9 Å². The molecular formula is C16H29N7O7. The van der Waals surface area contributed by atoms with Crippen LogP contribution in [0.5, 0.6) is 0 Å². The zero-order valence-corrected chi connectivity index (χ0v) is 16.6. The number of nitrogens with one attached hydrogen (secondary N) is 3. The van der Waals surface area contributed by atoms with E-state index < -0.39 is 60.8 Å². The average molecular weight is 431 g/mol. The highest BCUT2D eigenvalue weighted by Crippen LogP contribution is 2.00. The van der Waals surface area contributed by atoms with Gasteiger partial charge in [0.25, 0.3) is 0 Å². The van der Waals surface area contributed by atoms with Crippen LogP contribution in [0.1, 0.15) is 32.6 Å². The second-order valence-electron chi connectivity index (χ2n) is 6.41. The molecule has 0 saturated heterocycles. The number of nitrogens with two attached hydrogens (primary N) is 3. The van der Waals surface area contributed by atoms with Gasteiger partial charge in [-0.05, 0) is 26.2 Å². The first kappa shape index (κ1) is 26.6. The van der Waals surface area contributed by atoms with E-state index in [1.165, 1.54) is 6.92 Å². The SMILES string of the molecule is CC(N)C(=O)NC(CCCN=C(N)N)C(=O)NCC(=O)NC(CCC(=O)O)C(=O)O. The number of carbonyl (C=O) groups excluding carboxylic acids is 3. The van der Waals surface area contributed by atoms with Gasteiger partial charge in [0.05, 0.1) is 12.6 Å². The molecule has 0 saturated carbocycles. The standard InChI is InChI=1S/C16H29N7O7/c1-8(17)13(27)23-9(3-2-6-20-16(18)19)14(28)21-7-11(24)22-10(15(29)30)4-5-12(25)26/h8-10H,2-7,17H2,1H3,(H,21,28)(H,22,24)(H,23,27)(H,25,26)(H,29,30)(H4,18,19,20). The van der Waals surface area contributed by atoms with Crippen molar-refractivity contribution >= 4 is 35.6 Å². The monoisotopic (exact) mass is 431 g/mol. The molecule has 3 atom stereocenters. The number of guanidine groups is 1. The largest absolute Gasteiger partial charge is 0.481 e. The molecular weight excluding hydrogens is 402 g/mol. The third-order valence-electron chi connectivity index (χ3n) is 3.70. The summed E-state index contributed by atoms with van der Waals surface area (Å²) in [6.07, 6.45) is -0.274. The fraction of sp³-hybridized carbons (Fsp3) is 0.625. The Balaban J connectivity index is 4.80. The van der Waals surface area contributed by atoms with Crippen molar-refractivity contribution in [2.24, 2.45) is 22.2 Å². The highest BCUT2D eigenvalue weighted by Gasteiger charge is 2.24. The summed E-state index contributed by atoms with van der Waals surface area (Å²) in [6.45, 7) is 1.07. The van der Waals surface area contributed by atoms with Gasteiger partial charge in [-0.3, -0.25) is 24.2 Å². The number of hydrogen-bond donors (Lipinski definition) is 8. The van der Waals surface area contributed by atoms with Gasteiger partial charge in [0.15, 0.2) is 5.96 Å². The molecule has 11 N–H and O–H groups in total.